The van der Waals surface area contributed by atoms with Gasteiger partial charge in [-0.3, -0.25) is 4.79 Å². The van der Waals surface area contributed by atoms with Crippen LogP contribution in [0.2, 0.25) is 0 Å². The standard InChI is InChI=1S/C17H22Cl2N2O3S/c1-12-4-5-13(2)14(10-12)25(23,24)21-8-6-20(7-9-21)15(22)16(3)11-17(16,18)19/h4-5,10H,6-9,11H2,1-3H3/t16-/m1/s1. The number of halogens is 2. The van der Waals surface area contributed by atoms with Gasteiger partial charge >= 0.3 is 0 Å². The van der Waals surface area contributed by atoms with Crippen molar-refractivity contribution in [2.75, 3.05) is 26.2 Å². The molecule has 1 amide bonds. The lowest BCUT2D eigenvalue weighted by Gasteiger charge is -2.35. The average Bonchev–Trinajstić information content (AvgIpc) is 3.08. The fraction of sp³-hybridized carbons (Fsp3) is 0.588. The van der Waals surface area contributed by atoms with Gasteiger partial charge in [-0.2, -0.15) is 4.31 Å². The largest absolute Gasteiger partial charge is 0.339 e. The first-order valence-corrected chi connectivity index (χ1v) is 10.4. The van der Waals surface area contributed by atoms with Gasteiger partial charge in [0.05, 0.1) is 10.3 Å². The van der Waals surface area contributed by atoms with E-state index in [4.69, 9.17) is 23.2 Å². The highest BCUT2D eigenvalue weighted by Crippen LogP contribution is 2.64. The van der Waals surface area contributed by atoms with Crippen molar-refractivity contribution in [2.45, 2.75) is 36.4 Å². The Bertz CT molecular complexity index is 817. The predicted molar refractivity (Wildman–Crippen MR) is 98.4 cm³/mol. The van der Waals surface area contributed by atoms with Crippen LogP contribution in [0.5, 0.6) is 0 Å². The molecule has 1 aliphatic carbocycles. The van der Waals surface area contributed by atoms with E-state index in [1.165, 1.54) is 4.31 Å². The Morgan fingerprint density at radius 1 is 1.12 bits per heavy atom. The summed E-state index contributed by atoms with van der Waals surface area (Å²) in [5.74, 6) is -0.0960. The molecule has 0 unspecified atom stereocenters. The second-order valence-electron chi connectivity index (χ2n) is 7.18. The number of aryl methyl sites for hydroxylation is 2. The van der Waals surface area contributed by atoms with Gasteiger partial charge in [-0.25, -0.2) is 8.42 Å². The molecule has 1 aromatic carbocycles. The molecule has 0 N–H and O–H groups in total. The lowest BCUT2D eigenvalue weighted by Crippen LogP contribution is -2.52. The number of piperazine rings is 1. The Balaban J connectivity index is 1.72. The Labute approximate surface area is 158 Å². The quantitative estimate of drug-likeness (QED) is 0.727. The van der Waals surface area contributed by atoms with Gasteiger partial charge in [0.1, 0.15) is 4.33 Å². The highest BCUT2D eigenvalue weighted by Gasteiger charge is 2.68. The number of carbonyl (C=O) groups excluding carboxylic acids is 1. The number of rotatable bonds is 3. The summed E-state index contributed by atoms with van der Waals surface area (Å²) in [4.78, 5) is 14.6. The lowest BCUT2D eigenvalue weighted by atomic mass is 10.1. The minimum absolute atomic E-state index is 0.0960. The summed E-state index contributed by atoms with van der Waals surface area (Å²) in [7, 11) is -3.56. The maximum atomic E-state index is 12.9. The summed E-state index contributed by atoms with van der Waals surface area (Å²) in [6.07, 6.45) is 0.433. The molecule has 5 nitrogen and oxygen atoms in total. The molecule has 0 radical (unpaired) electrons. The molecule has 1 saturated heterocycles. The maximum Gasteiger partial charge on any atom is 0.243 e. The van der Waals surface area contributed by atoms with Crippen LogP contribution in [0.3, 0.4) is 0 Å². The van der Waals surface area contributed by atoms with E-state index in [9.17, 15) is 13.2 Å². The number of benzene rings is 1. The molecular weight excluding hydrogens is 383 g/mol. The molecule has 25 heavy (non-hydrogen) atoms. The summed E-state index contributed by atoms with van der Waals surface area (Å²) in [5, 5.41) is 0. The van der Waals surface area contributed by atoms with E-state index in [0.29, 0.717) is 24.4 Å². The van der Waals surface area contributed by atoms with Gasteiger partial charge < -0.3 is 4.90 Å². The predicted octanol–water partition coefficient (Wildman–Crippen LogP) is 2.72. The summed E-state index contributed by atoms with van der Waals surface area (Å²) >= 11 is 12.2. The van der Waals surface area contributed by atoms with Crippen molar-refractivity contribution >= 4 is 39.1 Å². The zero-order chi connectivity index (χ0) is 18.6. The van der Waals surface area contributed by atoms with E-state index < -0.39 is 19.8 Å². The smallest absolute Gasteiger partial charge is 0.243 e. The maximum absolute atomic E-state index is 12.9. The molecule has 2 fully saturated rings. The molecule has 0 bridgehead atoms. The lowest BCUT2D eigenvalue weighted by molar-refractivity contribution is -0.137. The van der Waals surface area contributed by atoms with Crippen LogP contribution in [-0.2, 0) is 14.8 Å². The molecule has 3 rings (SSSR count). The molecule has 2 aliphatic rings. The number of hydrogen-bond donors (Lipinski definition) is 0. The number of sulfonamides is 1. The first-order valence-electron chi connectivity index (χ1n) is 8.24. The molecule has 138 valence electrons. The van der Waals surface area contributed by atoms with Gasteiger partial charge in [0, 0.05) is 26.2 Å². The van der Waals surface area contributed by atoms with Crippen LogP contribution in [0.4, 0.5) is 0 Å². The molecule has 1 atom stereocenters. The third-order valence-corrected chi connectivity index (χ3v) is 8.36. The van der Waals surface area contributed by atoms with Crippen LogP contribution in [0, 0.1) is 19.3 Å². The molecule has 0 aromatic heterocycles. The van der Waals surface area contributed by atoms with Crippen molar-refractivity contribution in [3.63, 3.8) is 0 Å². The van der Waals surface area contributed by atoms with E-state index in [0.717, 1.165) is 11.1 Å². The molecular formula is C17H22Cl2N2O3S. The minimum Gasteiger partial charge on any atom is -0.339 e. The second-order valence-corrected chi connectivity index (χ2v) is 10.6. The van der Waals surface area contributed by atoms with Crippen molar-refractivity contribution in [2.24, 2.45) is 5.41 Å². The Kier molecular flexibility index (Phi) is 4.64. The van der Waals surface area contributed by atoms with Gasteiger partial charge in [0.2, 0.25) is 15.9 Å². The third-order valence-electron chi connectivity index (χ3n) is 5.22. The topological polar surface area (TPSA) is 57.7 Å². The first kappa shape index (κ1) is 19.0. The Hall–Kier alpha value is -0.820. The van der Waals surface area contributed by atoms with Crippen LogP contribution in [0.1, 0.15) is 24.5 Å². The highest BCUT2D eigenvalue weighted by molar-refractivity contribution is 7.89. The number of alkyl halides is 2. The number of hydrogen-bond acceptors (Lipinski definition) is 3. The molecule has 1 aromatic rings. The molecule has 0 spiro atoms. The van der Waals surface area contributed by atoms with E-state index >= 15 is 0 Å². The molecule has 8 heteroatoms. The van der Waals surface area contributed by atoms with Gasteiger partial charge in [0.15, 0.2) is 0 Å². The van der Waals surface area contributed by atoms with Gasteiger partial charge in [-0.05, 0) is 44.4 Å². The normalized spacial score (nSPS) is 26.5. The summed E-state index contributed by atoms with van der Waals surface area (Å²) in [6.45, 7) is 6.67. The van der Waals surface area contributed by atoms with Crippen LogP contribution >= 0.6 is 23.2 Å². The number of nitrogens with zero attached hydrogens (tertiary/aromatic N) is 2. The fourth-order valence-electron chi connectivity index (χ4n) is 3.24. The van der Waals surface area contributed by atoms with E-state index in [-0.39, 0.29) is 19.0 Å². The summed E-state index contributed by atoms with van der Waals surface area (Å²) in [6, 6.07) is 5.41. The van der Waals surface area contributed by atoms with Crippen LogP contribution in [0.25, 0.3) is 0 Å². The Morgan fingerprint density at radius 2 is 1.68 bits per heavy atom. The molecule has 1 heterocycles. The van der Waals surface area contributed by atoms with Crippen molar-refractivity contribution in [1.82, 2.24) is 9.21 Å². The minimum atomic E-state index is -3.56. The summed E-state index contributed by atoms with van der Waals surface area (Å²) in [5.41, 5.74) is 0.869. The van der Waals surface area contributed by atoms with Gasteiger partial charge in [0.25, 0.3) is 0 Å². The van der Waals surface area contributed by atoms with Crippen LogP contribution < -0.4 is 0 Å². The number of carbonyl (C=O) groups is 1. The Morgan fingerprint density at radius 3 is 2.20 bits per heavy atom. The number of amides is 1. The SMILES string of the molecule is Cc1ccc(C)c(S(=O)(=O)N2CCN(C(=O)[C@@]3(C)CC3(Cl)Cl)CC2)c1. The summed E-state index contributed by atoms with van der Waals surface area (Å²) < 4.78 is 26.3. The highest BCUT2D eigenvalue weighted by atomic mass is 35.5. The average molecular weight is 405 g/mol. The first-order chi connectivity index (χ1) is 11.5. The van der Waals surface area contributed by atoms with E-state index in [2.05, 4.69) is 0 Å². The molecule has 1 saturated carbocycles. The second kappa shape index (κ2) is 6.12. The van der Waals surface area contributed by atoms with Crippen molar-refractivity contribution in [3.8, 4) is 0 Å². The van der Waals surface area contributed by atoms with Crippen molar-refractivity contribution in [3.05, 3.63) is 29.3 Å². The monoisotopic (exact) mass is 404 g/mol. The van der Waals surface area contributed by atoms with Gasteiger partial charge in [-0.1, -0.05) is 12.1 Å². The fourth-order valence-corrected chi connectivity index (χ4v) is 5.66. The van der Waals surface area contributed by atoms with E-state index in [1.54, 1.807) is 24.8 Å². The van der Waals surface area contributed by atoms with Crippen molar-refractivity contribution < 1.29 is 13.2 Å². The third kappa shape index (κ3) is 3.18. The van der Waals surface area contributed by atoms with Crippen LogP contribution in [-0.4, -0.2) is 54.0 Å². The molecule has 1 aliphatic heterocycles. The zero-order valence-electron chi connectivity index (χ0n) is 14.6. The van der Waals surface area contributed by atoms with E-state index in [1.807, 2.05) is 19.1 Å². The van der Waals surface area contributed by atoms with Crippen molar-refractivity contribution in [1.29, 1.82) is 0 Å². The zero-order valence-corrected chi connectivity index (χ0v) is 16.9. The van der Waals surface area contributed by atoms with Crippen LogP contribution in [0.15, 0.2) is 23.1 Å². The van der Waals surface area contributed by atoms with Gasteiger partial charge in [-0.15, -0.1) is 23.2 Å².